The van der Waals surface area contributed by atoms with E-state index in [2.05, 4.69) is 28.2 Å². The average molecular weight is 225 g/mol. The molecular formula is C10H9BrO. The Kier molecular flexibility index (Phi) is 3.30. The molecule has 0 aliphatic heterocycles. The zero-order valence-corrected chi connectivity index (χ0v) is 8.08. The van der Waals surface area contributed by atoms with Gasteiger partial charge in [0, 0.05) is 4.47 Å². The summed E-state index contributed by atoms with van der Waals surface area (Å²) in [5.41, 5.74) is 3.38. The van der Waals surface area contributed by atoms with Crippen molar-refractivity contribution in [3.8, 4) is 0 Å². The van der Waals surface area contributed by atoms with Crippen molar-refractivity contribution in [3.63, 3.8) is 0 Å². The van der Waals surface area contributed by atoms with Crippen molar-refractivity contribution in [3.05, 3.63) is 52.7 Å². The monoisotopic (exact) mass is 224 g/mol. The summed E-state index contributed by atoms with van der Waals surface area (Å²) in [5.74, 6) is 0. The van der Waals surface area contributed by atoms with Gasteiger partial charge in [-0.25, -0.2) is 0 Å². The Balaban J connectivity index is 2.94. The molecule has 1 N–H and O–H groups in total. The Labute approximate surface area is 80.2 Å². The van der Waals surface area contributed by atoms with E-state index in [9.17, 15) is 5.11 Å². The summed E-state index contributed by atoms with van der Waals surface area (Å²) in [6.07, 6.45) is 0.905. The standard InChI is InChI=1S/C10H9BrO/c1-2-4-10(12)8-5-3-6-9(11)7-8/h3-7,10,12H,1H2. The van der Waals surface area contributed by atoms with E-state index < -0.39 is 6.10 Å². The SMILES string of the molecule is C=C=CC(O)c1cccc(Br)c1. The van der Waals surface area contributed by atoms with E-state index >= 15 is 0 Å². The fraction of sp³-hybridized carbons (Fsp3) is 0.100. The van der Waals surface area contributed by atoms with Gasteiger partial charge in [-0.05, 0) is 23.8 Å². The number of rotatable bonds is 2. The van der Waals surface area contributed by atoms with Crippen molar-refractivity contribution in [1.82, 2.24) is 0 Å². The molecule has 62 valence electrons. The van der Waals surface area contributed by atoms with E-state index in [0.29, 0.717) is 0 Å². The number of aliphatic hydroxyl groups excluding tert-OH is 1. The molecule has 0 heterocycles. The maximum Gasteiger partial charge on any atom is 0.105 e. The van der Waals surface area contributed by atoms with Gasteiger partial charge in [-0.1, -0.05) is 34.6 Å². The van der Waals surface area contributed by atoms with Crippen molar-refractivity contribution >= 4 is 15.9 Å². The number of hydrogen-bond donors (Lipinski definition) is 1. The van der Waals surface area contributed by atoms with Crippen LogP contribution in [0, 0.1) is 0 Å². The van der Waals surface area contributed by atoms with Crippen LogP contribution in [0.4, 0.5) is 0 Å². The molecular weight excluding hydrogens is 216 g/mol. The summed E-state index contributed by atoms with van der Waals surface area (Å²) in [4.78, 5) is 0. The van der Waals surface area contributed by atoms with Crippen LogP contribution >= 0.6 is 15.9 Å². The quantitative estimate of drug-likeness (QED) is 0.767. The van der Waals surface area contributed by atoms with Gasteiger partial charge in [0.05, 0.1) is 0 Å². The third-order valence-corrected chi connectivity index (χ3v) is 1.96. The maximum atomic E-state index is 9.47. The number of halogens is 1. The van der Waals surface area contributed by atoms with Crippen molar-refractivity contribution in [1.29, 1.82) is 0 Å². The molecule has 1 unspecified atom stereocenters. The van der Waals surface area contributed by atoms with E-state index in [1.807, 2.05) is 24.3 Å². The molecule has 1 aromatic rings. The molecule has 0 fully saturated rings. The van der Waals surface area contributed by atoms with E-state index in [4.69, 9.17) is 0 Å². The van der Waals surface area contributed by atoms with Crippen molar-refractivity contribution in [2.45, 2.75) is 6.10 Å². The van der Waals surface area contributed by atoms with Crippen LogP contribution in [0.15, 0.2) is 47.1 Å². The van der Waals surface area contributed by atoms with Gasteiger partial charge in [0.2, 0.25) is 0 Å². The molecule has 0 aliphatic carbocycles. The molecule has 0 saturated carbocycles. The van der Waals surface area contributed by atoms with Gasteiger partial charge in [-0.3, -0.25) is 0 Å². The van der Waals surface area contributed by atoms with Crippen LogP contribution in [0.2, 0.25) is 0 Å². The van der Waals surface area contributed by atoms with Crippen molar-refractivity contribution in [2.75, 3.05) is 0 Å². The van der Waals surface area contributed by atoms with E-state index in [0.717, 1.165) is 10.0 Å². The summed E-state index contributed by atoms with van der Waals surface area (Å²) < 4.78 is 0.955. The fourth-order valence-electron chi connectivity index (χ4n) is 0.898. The van der Waals surface area contributed by atoms with E-state index in [-0.39, 0.29) is 0 Å². The lowest BCUT2D eigenvalue weighted by atomic mass is 10.1. The molecule has 0 aromatic heterocycles. The molecule has 1 nitrogen and oxygen atoms in total. The van der Waals surface area contributed by atoms with Gasteiger partial charge in [-0.2, -0.15) is 0 Å². The first-order valence-corrected chi connectivity index (χ1v) is 4.33. The smallest absolute Gasteiger partial charge is 0.105 e. The van der Waals surface area contributed by atoms with Gasteiger partial charge in [0.25, 0.3) is 0 Å². The van der Waals surface area contributed by atoms with E-state index in [1.165, 1.54) is 6.08 Å². The maximum absolute atomic E-state index is 9.47. The number of aliphatic hydroxyl groups is 1. The summed E-state index contributed by atoms with van der Waals surface area (Å²) >= 11 is 3.32. The molecule has 0 spiro atoms. The van der Waals surface area contributed by atoms with Crippen LogP contribution < -0.4 is 0 Å². The summed E-state index contributed by atoms with van der Waals surface area (Å²) in [6, 6.07) is 7.50. The highest BCUT2D eigenvalue weighted by Crippen LogP contribution is 2.18. The molecule has 2 heteroatoms. The van der Waals surface area contributed by atoms with Gasteiger partial charge in [0.15, 0.2) is 0 Å². The van der Waals surface area contributed by atoms with Gasteiger partial charge >= 0.3 is 0 Å². The first kappa shape index (κ1) is 9.27. The third kappa shape index (κ3) is 2.35. The van der Waals surface area contributed by atoms with Crippen LogP contribution in [0.3, 0.4) is 0 Å². The largest absolute Gasteiger partial charge is 0.384 e. The highest BCUT2D eigenvalue weighted by Gasteiger charge is 2.01. The van der Waals surface area contributed by atoms with Gasteiger partial charge in [-0.15, -0.1) is 5.73 Å². The molecule has 0 amide bonds. The summed E-state index contributed by atoms with van der Waals surface area (Å²) in [5, 5.41) is 9.47. The Morgan fingerprint density at radius 2 is 2.33 bits per heavy atom. The zero-order chi connectivity index (χ0) is 8.97. The third-order valence-electron chi connectivity index (χ3n) is 1.47. The summed E-state index contributed by atoms with van der Waals surface area (Å²) in [6.45, 7) is 3.40. The first-order chi connectivity index (χ1) is 5.74. The van der Waals surface area contributed by atoms with Gasteiger partial charge in [0.1, 0.15) is 6.10 Å². The molecule has 12 heavy (non-hydrogen) atoms. The molecule has 1 aromatic carbocycles. The van der Waals surface area contributed by atoms with Crippen molar-refractivity contribution in [2.24, 2.45) is 0 Å². The number of benzene rings is 1. The minimum Gasteiger partial charge on any atom is -0.384 e. The average Bonchev–Trinajstić information content (AvgIpc) is 2.05. The molecule has 0 aliphatic rings. The second kappa shape index (κ2) is 4.27. The lowest BCUT2D eigenvalue weighted by molar-refractivity contribution is 0.229. The molecule has 0 saturated heterocycles. The molecule has 1 atom stereocenters. The molecule has 0 radical (unpaired) electrons. The predicted molar refractivity (Wildman–Crippen MR) is 52.8 cm³/mol. The zero-order valence-electron chi connectivity index (χ0n) is 6.50. The highest BCUT2D eigenvalue weighted by molar-refractivity contribution is 9.10. The minimum atomic E-state index is -0.611. The second-order valence-corrected chi connectivity index (χ2v) is 3.29. The van der Waals surface area contributed by atoms with Crippen LogP contribution in [-0.2, 0) is 0 Å². The van der Waals surface area contributed by atoms with Crippen LogP contribution in [0.25, 0.3) is 0 Å². The van der Waals surface area contributed by atoms with E-state index in [1.54, 1.807) is 0 Å². The van der Waals surface area contributed by atoms with Crippen molar-refractivity contribution < 1.29 is 5.11 Å². The topological polar surface area (TPSA) is 20.2 Å². The Morgan fingerprint density at radius 1 is 1.58 bits per heavy atom. The fourth-order valence-corrected chi connectivity index (χ4v) is 1.32. The number of hydrogen-bond acceptors (Lipinski definition) is 1. The second-order valence-electron chi connectivity index (χ2n) is 2.37. The normalized spacial score (nSPS) is 11.8. The van der Waals surface area contributed by atoms with Crippen LogP contribution in [-0.4, -0.2) is 5.11 Å². The lowest BCUT2D eigenvalue weighted by Crippen LogP contribution is -1.91. The first-order valence-electron chi connectivity index (χ1n) is 3.53. The predicted octanol–water partition coefficient (Wildman–Crippen LogP) is 2.82. The molecule has 1 rings (SSSR count). The van der Waals surface area contributed by atoms with Gasteiger partial charge < -0.3 is 5.11 Å². The van der Waals surface area contributed by atoms with Crippen LogP contribution in [0.5, 0.6) is 0 Å². The Morgan fingerprint density at radius 3 is 2.92 bits per heavy atom. The molecule has 0 bridgehead atoms. The highest BCUT2D eigenvalue weighted by atomic mass is 79.9. The lowest BCUT2D eigenvalue weighted by Gasteiger charge is -2.04. The summed E-state index contributed by atoms with van der Waals surface area (Å²) in [7, 11) is 0. The Bertz CT molecular complexity index is 313. The minimum absolute atomic E-state index is 0.611. The van der Waals surface area contributed by atoms with Crippen LogP contribution in [0.1, 0.15) is 11.7 Å². The Hall–Kier alpha value is -0.820.